The first-order valence-corrected chi connectivity index (χ1v) is 7.88. The molecule has 0 aromatic carbocycles. The van der Waals surface area contributed by atoms with E-state index in [1.807, 2.05) is 18.3 Å². The summed E-state index contributed by atoms with van der Waals surface area (Å²) in [5.41, 5.74) is 1.84. The molecule has 1 unspecified atom stereocenters. The van der Waals surface area contributed by atoms with Gasteiger partial charge < -0.3 is 0 Å². The summed E-state index contributed by atoms with van der Waals surface area (Å²) in [4.78, 5) is 4.47. The molecule has 0 radical (unpaired) electrons. The van der Waals surface area contributed by atoms with Crippen LogP contribution in [0.3, 0.4) is 0 Å². The number of fused-ring (bicyclic) bond motifs is 1. The van der Waals surface area contributed by atoms with Crippen molar-refractivity contribution >= 4 is 11.2 Å². The second-order valence-corrected chi connectivity index (χ2v) is 5.90. The normalized spacial score (nSPS) is 14.6. The number of rotatable bonds is 8. The molecular formula is C16H26N4. The van der Waals surface area contributed by atoms with Gasteiger partial charge in [0.2, 0.25) is 0 Å². The molecule has 2 aromatic heterocycles. The van der Waals surface area contributed by atoms with Crippen molar-refractivity contribution in [1.82, 2.24) is 20.0 Å². The van der Waals surface area contributed by atoms with Crippen LogP contribution >= 0.6 is 0 Å². The van der Waals surface area contributed by atoms with E-state index in [4.69, 9.17) is 0 Å². The van der Waals surface area contributed by atoms with Crippen molar-refractivity contribution < 1.29 is 0 Å². The first-order valence-electron chi connectivity index (χ1n) is 7.88. The number of aromatic nitrogens is 4. The average Bonchev–Trinajstić information content (AvgIpc) is 2.89. The van der Waals surface area contributed by atoms with Crippen LogP contribution in [-0.2, 0) is 5.54 Å². The predicted octanol–water partition coefficient (Wildman–Crippen LogP) is 4.31. The van der Waals surface area contributed by atoms with Crippen LogP contribution in [-0.4, -0.2) is 20.0 Å². The third kappa shape index (κ3) is 3.17. The minimum atomic E-state index is 0.0333. The van der Waals surface area contributed by atoms with Gasteiger partial charge in [-0.2, -0.15) is 0 Å². The van der Waals surface area contributed by atoms with Crippen molar-refractivity contribution in [2.75, 3.05) is 0 Å². The average molecular weight is 274 g/mol. The number of pyridine rings is 1. The summed E-state index contributed by atoms with van der Waals surface area (Å²) in [7, 11) is 0. The number of hydrogen-bond acceptors (Lipinski definition) is 3. The van der Waals surface area contributed by atoms with E-state index in [9.17, 15) is 0 Å². The quantitative estimate of drug-likeness (QED) is 0.674. The van der Waals surface area contributed by atoms with E-state index in [1.54, 1.807) is 0 Å². The van der Waals surface area contributed by atoms with Crippen molar-refractivity contribution in [1.29, 1.82) is 0 Å². The second-order valence-electron chi connectivity index (χ2n) is 5.90. The lowest BCUT2D eigenvalue weighted by atomic mass is 9.89. The van der Waals surface area contributed by atoms with Gasteiger partial charge in [-0.25, -0.2) is 9.67 Å². The van der Waals surface area contributed by atoms with E-state index in [-0.39, 0.29) is 5.54 Å². The summed E-state index contributed by atoms with van der Waals surface area (Å²) in [5, 5.41) is 8.65. The molecule has 20 heavy (non-hydrogen) atoms. The monoisotopic (exact) mass is 274 g/mol. The molecule has 0 N–H and O–H groups in total. The maximum absolute atomic E-state index is 4.47. The van der Waals surface area contributed by atoms with Crippen molar-refractivity contribution in [3.05, 3.63) is 18.3 Å². The molecule has 4 nitrogen and oxygen atoms in total. The molecule has 0 spiro atoms. The van der Waals surface area contributed by atoms with E-state index in [1.165, 1.54) is 25.7 Å². The highest BCUT2D eigenvalue weighted by Gasteiger charge is 2.28. The smallest absolute Gasteiger partial charge is 0.178 e. The molecule has 0 saturated heterocycles. The summed E-state index contributed by atoms with van der Waals surface area (Å²) < 4.78 is 2.05. The van der Waals surface area contributed by atoms with Crippen LogP contribution in [0.25, 0.3) is 11.2 Å². The van der Waals surface area contributed by atoms with Crippen LogP contribution in [0.15, 0.2) is 18.3 Å². The Labute approximate surface area is 121 Å². The van der Waals surface area contributed by atoms with Gasteiger partial charge in [-0.1, -0.05) is 51.2 Å². The van der Waals surface area contributed by atoms with E-state index in [0.717, 1.165) is 30.4 Å². The Morgan fingerprint density at radius 2 is 1.95 bits per heavy atom. The molecule has 0 saturated carbocycles. The molecule has 1 atom stereocenters. The minimum Gasteiger partial charge on any atom is -0.235 e. The molecule has 2 heterocycles. The fourth-order valence-corrected chi connectivity index (χ4v) is 2.94. The van der Waals surface area contributed by atoms with Crippen molar-refractivity contribution in [2.24, 2.45) is 0 Å². The van der Waals surface area contributed by atoms with Gasteiger partial charge in [-0.15, -0.1) is 5.10 Å². The molecule has 2 rings (SSSR count). The summed E-state index contributed by atoms with van der Waals surface area (Å²) in [6.07, 6.45) is 10.4. The maximum Gasteiger partial charge on any atom is 0.178 e. The molecule has 0 fully saturated rings. The van der Waals surface area contributed by atoms with E-state index < -0.39 is 0 Å². The molecule has 0 aliphatic heterocycles. The molecule has 0 bridgehead atoms. The van der Waals surface area contributed by atoms with Crippen LogP contribution in [0.1, 0.15) is 65.7 Å². The third-order valence-electron chi connectivity index (χ3n) is 4.08. The van der Waals surface area contributed by atoms with Gasteiger partial charge >= 0.3 is 0 Å². The molecule has 110 valence electrons. The molecule has 2 aromatic rings. The first kappa shape index (κ1) is 14.9. The van der Waals surface area contributed by atoms with Gasteiger partial charge in [-0.3, -0.25) is 0 Å². The molecule has 4 heteroatoms. The zero-order valence-corrected chi connectivity index (χ0v) is 13.0. The predicted molar refractivity (Wildman–Crippen MR) is 82.6 cm³/mol. The number of hydrogen-bond donors (Lipinski definition) is 0. The molecular weight excluding hydrogens is 248 g/mol. The SMILES string of the molecule is CCCCCCC(C)(CCC)n1nnc2cccnc21. The van der Waals surface area contributed by atoms with Crippen molar-refractivity contribution in [3.63, 3.8) is 0 Å². The Morgan fingerprint density at radius 1 is 1.10 bits per heavy atom. The van der Waals surface area contributed by atoms with Gasteiger partial charge in [0.15, 0.2) is 5.65 Å². The number of unbranched alkanes of at least 4 members (excludes halogenated alkanes) is 3. The van der Waals surface area contributed by atoms with Gasteiger partial charge in [0.1, 0.15) is 5.52 Å². The first-order chi connectivity index (χ1) is 9.71. The lowest BCUT2D eigenvalue weighted by molar-refractivity contribution is 0.235. The Kier molecular flexibility index (Phi) is 5.10. The summed E-state index contributed by atoms with van der Waals surface area (Å²) in [6, 6.07) is 3.90. The second kappa shape index (κ2) is 6.82. The Hall–Kier alpha value is -1.45. The van der Waals surface area contributed by atoms with Gasteiger partial charge in [0.05, 0.1) is 5.54 Å². The van der Waals surface area contributed by atoms with Crippen LogP contribution in [0, 0.1) is 0 Å². The van der Waals surface area contributed by atoms with Crippen LogP contribution in [0.5, 0.6) is 0 Å². The van der Waals surface area contributed by atoms with Crippen molar-refractivity contribution in [3.8, 4) is 0 Å². The Balaban J connectivity index is 2.22. The summed E-state index contributed by atoms with van der Waals surface area (Å²) >= 11 is 0. The van der Waals surface area contributed by atoms with E-state index >= 15 is 0 Å². The maximum atomic E-state index is 4.47. The minimum absolute atomic E-state index is 0.0333. The zero-order chi connectivity index (χ0) is 14.4. The highest BCUT2D eigenvalue weighted by Crippen LogP contribution is 2.30. The fourth-order valence-electron chi connectivity index (χ4n) is 2.94. The van der Waals surface area contributed by atoms with E-state index in [2.05, 4.69) is 40.7 Å². The zero-order valence-electron chi connectivity index (χ0n) is 13.0. The molecule has 0 amide bonds. The Bertz CT molecular complexity index is 534. The van der Waals surface area contributed by atoms with Gasteiger partial charge in [0.25, 0.3) is 0 Å². The fraction of sp³-hybridized carbons (Fsp3) is 0.688. The lowest BCUT2D eigenvalue weighted by Gasteiger charge is -2.29. The van der Waals surface area contributed by atoms with Gasteiger partial charge in [-0.05, 0) is 31.9 Å². The van der Waals surface area contributed by atoms with Gasteiger partial charge in [0, 0.05) is 6.20 Å². The standard InChI is InChI=1S/C16H26N4/c1-4-6-7-8-12-16(3,11-5-2)20-15-14(18-19-20)10-9-13-17-15/h9-10,13H,4-8,11-12H2,1-3H3. The Morgan fingerprint density at radius 3 is 2.70 bits per heavy atom. The highest BCUT2D eigenvalue weighted by atomic mass is 15.5. The molecule has 0 aliphatic rings. The lowest BCUT2D eigenvalue weighted by Crippen LogP contribution is -2.31. The van der Waals surface area contributed by atoms with Crippen LogP contribution < -0.4 is 0 Å². The van der Waals surface area contributed by atoms with E-state index in [0.29, 0.717) is 0 Å². The molecule has 0 aliphatic carbocycles. The van der Waals surface area contributed by atoms with Crippen molar-refractivity contribution in [2.45, 2.75) is 71.3 Å². The summed E-state index contributed by atoms with van der Waals surface area (Å²) in [6.45, 7) is 6.78. The highest BCUT2D eigenvalue weighted by molar-refractivity contribution is 5.69. The van der Waals surface area contributed by atoms with Crippen LogP contribution in [0.4, 0.5) is 0 Å². The summed E-state index contributed by atoms with van der Waals surface area (Å²) in [5.74, 6) is 0. The third-order valence-corrected chi connectivity index (χ3v) is 4.08. The largest absolute Gasteiger partial charge is 0.235 e. The number of nitrogens with zero attached hydrogens (tertiary/aromatic N) is 4. The van der Waals surface area contributed by atoms with Crippen LogP contribution in [0.2, 0.25) is 0 Å². The topological polar surface area (TPSA) is 43.6 Å².